The van der Waals surface area contributed by atoms with E-state index in [1.807, 2.05) is 0 Å². The highest BCUT2D eigenvalue weighted by atomic mass is 35.5. The number of amides is 1. The lowest BCUT2D eigenvalue weighted by molar-refractivity contribution is -0.139. The lowest BCUT2D eigenvalue weighted by Crippen LogP contribution is -2.43. The van der Waals surface area contributed by atoms with Gasteiger partial charge in [-0.1, -0.05) is 17.7 Å². The van der Waals surface area contributed by atoms with E-state index < -0.39 is 35.6 Å². The molecule has 1 saturated heterocycles. The van der Waals surface area contributed by atoms with Crippen molar-refractivity contribution in [2.45, 2.75) is 25.6 Å². The van der Waals surface area contributed by atoms with Crippen LogP contribution in [0.1, 0.15) is 17.7 Å². The zero-order valence-corrected chi connectivity index (χ0v) is 16.5. The Kier molecular flexibility index (Phi) is 5.80. The zero-order chi connectivity index (χ0) is 22.2. The number of nitrogens with zero attached hydrogens (tertiary/aromatic N) is 2. The van der Waals surface area contributed by atoms with Crippen LogP contribution < -0.4 is 16.0 Å². The molecular formula is C19H18ClF3N4O3. The average molecular weight is 443 g/mol. The van der Waals surface area contributed by atoms with E-state index in [-0.39, 0.29) is 24.5 Å². The van der Waals surface area contributed by atoms with Gasteiger partial charge in [0.25, 0.3) is 0 Å². The number of nitrogen functional groups attached to an aromatic ring is 1. The molecule has 0 radical (unpaired) electrons. The van der Waals surface area contributed by atoms with E-state index in [1.54, 1.807) is 18.2 Å². The van der Waals surface area contributed by atoms with Crippen LogP contribution in [-0.4, -0.2) is 34.6 Å². The Balaban J connectivity index is 1.91. The molecule has 0 bridgehead atoms. The van der Waals surface area contributed by atoms with Gasteiger partial charge in [-0.25, -0.2) is 9.78 Å². The molecule has 7 nitrogen and oxygen atoms in total. The van der Waals surface area contributed by atoms with Crippen LogP contribution in [0.5, 0.6) is 0 Å². The van der Waals surface area contributed by atoms with Gasteiger partial charge in [0, 0.05) is 24.6 Å². The molecule has 2 aromatic rings. The predicted octanol–water partition coefficient (Wildman–Crippen LogP) is 3.56. The summed E-state index contributed by atoms with van der Waals surface area (Å²) in [4.78, 5) is 29.3. The van der Waals surface area contributed by atoms with Crippen molar-refractivity contribution in [1.82, 2.24) is 4.98 Å². The lowest BCUT2D eigenvalue weighted by atomic mass is 10.00. The molecule has 1 aliphatic rings. The molecule has 1 fully saturated rings. The highest BCUT2D eigenvalue weighted by molar-refractivity contribution is 6.33. The van der Waals surface area contributed by atoms with Crippen LogP contribution >= 0.6 is 11.6 Å². The first kappa shape index (κ1) is 21.7. The third-order valence-corrected chi connectivity index (χ3v) is 5.10. The number of benzene rings is 1. The molecule has 1 aromatic carbocycles. The Morgan fingerprint density at radius 3 is 2.70 bits per heavy atom. The molecule has 0 aliphatic carbocycles. The van der Waals surface area contributed by atoms with Gasteiger partial charge in [-0.15, -0.1) is 0 Å². The third kappa shape index (κ3) is 4.28. The molecule has 0 spiro atoms. The van der Waals surface area contributed by atoms with E-state index in [0.29, 0.717) is 22.5 Å². The highest BCUT2D eigenvalue weighted by Gasteiger charge is 2.46. The van der Waals surface area contributed by atoms with Gasteiger partial charge in [-0.3, -0.25) is 9.69 Å². The first-order chi connectivity index (χ1) is 14.0. The summed E-state index contributed by atoms with van der Waals surface area (Å²) in [5.74, 6) is -3.08. The second-order valence-corrected chi connectivity index (χ2v) is 7.36. The Hall–Kier alpha value is -3.01. The number of para-hydroxylation sites is 1. The van der Waals surface area contributed by atoms with Gasteiger partial charge in [0.1, 0.15) is 11.9 Å². The molecule has 30 heavy (non-hydrogen) atoms. The van der Waals surface area contributed by atoms with Gasteiger partial charge in [0.2, 0.25) is 5.91 Å². The number of rotatable bonds is 5. The summed E-state index contributed by atoms with van der Waals surface area (Å²) in [5.41, 5.74) is 5.60. The van der Waals surface area contributed by atoms with E-state index in [9.17, 15) is 27.9 Å². The fraction of sp³-hybridized carbons (Fsp3) is 0.316. The Morgan fingerprint density at radius 1 is 1.40 bits per heavy atom. The number of carboxylic acid groups (broad SMARTS) is 1. The Morgan fingerprint density at radius 2 is 2.10 bits per heavy atom. The van der Waals surface area contributed by atoms with Crippen LogP contribution in [-0.2, 0) is 15.8 Å². The quantitative estimate of drug-likeness (QED) is 0.611. The SMILES string of the molecule is Cc1cc(C(F)(F)F)cc(N2C(=O)CC(CNc3c(N)cccc3Cl)C2C(=O)O)n1. The number of halogens is 4. The molecule has 2 heterocycles. The summed E-state index contributed by atoms with van der Waals surface area (Å²) in [6, 6.07) is 4.96. The molecule has 1 aliphatic heterocycles. The molecule has 3 rings (SSSR count). The average Bonchev–Trinajstić information content (AvgIpc) is 2.96. The van der Waals surface area contributed by atoms with Gasteiger partial charge in [0.15, 0.2) is 0 Å². The Bertz CT molecular complexity index is 979. The number of hydrogen-bond donors (Lipinski definition) is 3. The minimum absolute atomic E-state index is 0.0159. The number of nitrogens with one attached hydrogen (secondary N) is 1. The molecule has 0 saturated carbocycles. The number of carboxylic acids is 1. The first-order valence-corrected chi connectivity index (χ1v) is 9.25. The van der Waals surface area contributed by atoms with E-state index in [2.05, 4.69) is 10.3 Å². The van der Waals surface area contributed by atoms with Crippen molar-refractivity contribution in [2.75, 3.05) is 22.5 Å². The molecular weight excluding hydrogens is 425 g/mol. The minimum atomic E-state index is -4.66. The van der Waals surface area contributed by atoms with Crippen molar-refractivity contribution in [3.8, 4) is 0 Å². The van der Waals surface area contributed by atoms with Crippen molar-refractivity contribution in [3.05, 3.63) is 46.6 Å². The summed E-state index contributed by atoms with van der Waals surface area (Å²) < 4.78 is 39.5. The van der Waals surface area contributed by atoms with Crippen molar-refractivity contribution in [1.29, 1.82) is 0 Å². The smallest absolute Gasteiger partial charge is 0.416 e. The number of aromatic nitrogens is 1. The number of aryl methyl sites for hydroxylation is 1. The standard InChI is InChI=1S/C19H18ClF3N4O3/c1-9-5-11(19(21,22)23)7-14(26-9)27-15(28)6-10(17(27)18(29)30)8-25-16-12(20)3-2-4-13(16)24/h2-5,7,10,17,25H,6,8,24H2,1H3,(H,29,30). The molecule has 11 heteroatoms. The van der Waals surface area contributed by atoms with Crippen molar-refractivity contribution < 1.29 is 27.9 Å². The molecule has 2 atom stereocenters. The maximum atomic E-state index is 13.2. The Labute approximate surface area is 174 Å². The van der Waals surface area contributed by atoms with E-state index in [4.69, 9.17) is 17.3 Å². The normalized spacial score (nSPS) is 19.2. The third-order valence-electron chi connectivity index (χ3n) is 4.78. The van der Waals surface area contributed by atoms with Gasteiger partial charge >= 0.3 is 12.1 Å². The van der Waals surface area contributed by atoms with Crippen LogP contribution in [0.4, 0.5) is 30.4 Å². The topological polar surface area (TPSA) is 109 Å². The van der Waals surface area contributed by atoms with Crippen LogP contribution in [0.25, 0.3) is 0 Å². The number of pyridine rings is 1. The van der Waals surface area contributed by atoms with E-state index in [0.717, 1.165) is 11.0 Å². The van der Waals surface area contributed by atoms with Crippen molar-refractivity contribution in [2.24, 2.45) is 5.92 Å². The molecule has 4 N–H and O–H groups in total. The summed E-state index contributed by atoms with van der Waals surface area (Å²) in [5, 5.41) is 13.0. The number of hydrogen-bond acceptors (Lipinski definition) is 5. The summed E-state index contributed by atoms with van der Waals surface area (Å²) in [6.45, 7) is 1.36. The van der Waals surface area contributed by atoms with Crippen LogP contribution in [0, 0.1) is 12.8 Å². The van der Waals surface area contributed by atoms with E-state index >= 15 is 0 Å². The minimum Gasteiger partial charge on any atom is -0.480 e. The van der Waals surface area contributed by atoms with Crippen LogP contribution in [0.2, 0.25) is 5.02 Å². The second-order valence-electron chi connectivity index (χ2n) is 6.95. The molecule has 1 aromatic heterocycles. The van der Waals surface area contributed by atoms with Gasteiger partial charge in [0.05, 0.1) is 22.0 Å². The lowest BCUT2D eigenvalue weighted by Gasteiger charge is -2.25. The van der Waals surface area contributed by atoms with Crippen LogP contribution in [0.3, 0.4) is 0 Å². The van der Waals surface area contributed by atoms with Gasteiger partial charge < -0.3 is 16.2 Å². The van der Waals surface area contributed by atoms with Gasteiger partial charge in [-0.05, 0) is 31.2 Å². The molecule has 2 unspecified atom stereocenters. The molecule has 1 amide bonds. The van der Waals surface area contributed by atoms with Gasteiger partial charge in [-0.2, -0.15) is 13.2 Å². The van der Waals surface area contributed by atoms with E-state index in [1.165, 1.54) is 6.92 Å². The monoisotopic (exact) mass is 442 g/mol. The summed E-state index contributed by atoms with van der Waals surface area (Å²) in [7, 11) is 0. The largest absolute Gasteiger partial charge is 0.480 e. The predicted molar refractivity (Wildman–Crippen MR) is 105 cm³/mol. The maximum absolute atomic E-state index is 13.2. The maximum Gasteiger partial charge on any atom is 0.416 e. The second kappa shape index (κ2) is 8.02. The van der Waals surface area contributed by atoms with Crippen LogP contribution in [0.15, 0.2) is 30.3 Å². The number of anilines is 3. The zero-order valence-electron chi connectivity index (χ0n) is 15.7. The number of carbonyl (C=O) groups excluding carboxylic acids is 1. The molecule has 160 valence electrons. The number of aliphatic carboxylic acids is 1. The number of nitrogens with two attached hydrogens (primary N) is 1. The number of alkyl halides is 3. The number of carbonyl (C=O) groups is 2. The summed E-state index contributed by atoms with van der Waals surface area (Å²) >= 11 is 6.09. The fourth-order valence-corrected chi connectivity index (χ4v) is 3.71. The van der Waals surface area contributed by atoms with Crippen molar-refractivity contribution >= 4 is 40.7 Å². The highest BCUT2D eigenvalue weighted by Crippen LogP contribution is 2.36. The summed E-state index contributed by atoms with van der Waals surface area (Å²) in [6.07, 6.45) is -4.85. The fourth-order valence-electron chi connectivity index (χ4n) is 3.46. The van der Waals surface area contributed by atoms with Crippen molar-refractivity contribution in [3.63, 3.8) is 0 Å². The first-order valence-electron chi connectivity index (χ1n) is 8.87.